The standard InChI is InChI=1S/C38H45BrClN3O7/c1-5-7-18-28(45)41-24(4)32(25-15-9-8-10-16-25)49-37(48)29-30-35(46)43(20-11-12-21-44)34(38(30)22-26(39)33(29)50-38)36(47)42(19-6-2)31-23(3)14-13-17-27(31)40/h5-6,8-10,13-17,24,26,29-30,32-34,44H,1-2,7,11-12,18-22H2,3-4H3,(H,41,45)/t24-,26?,29+,30-,32-,33+,34+,38-/m0/s1. The maximum Gasteiger partial charge on any atom is 0.313 e. The highest BCUT2D eigenvalue weighted by Crippen LogP contribution is 2.60. The van der Waals surface area contributed by atoms with E-state index in [4.69, 9.17) is 21.1 Å². The summed E-state index contributed by atoms with van der Waals surface area (Å²) < 4.78 is 13.0. The lowest BCUT2D eigenvalue weighted by Crippen LogP contribution is -2.57. The van der Waals surface area contributed by atoms with Gasteiger partial charge in [-0.3, -0.25) is 19.2 Å². The molecule has 1 spiro atoms. The number of amides is 3. The molecule has 3 amide bonds. The number of fused-ring (bicyclic) bond motifs is 1. The van der Waals surface area contributed by atoms with Gasteiger partial charge in [0.1, 0.15) is 17.7 Å². The quantitative estimate of drug-likeness (QED) is 0.101. The topological polar surface area (TPSA) is 125 Å². The maximum absolute atomic E-state index is 14.9. The number of para-hydroxylation sites is 1. The van der Waals surface area contributed by atoms with Gasteiger partial charge in [0, 0.05) is 30.9 Å². The minimum absolute atomic E-state index is 0.0726. The molecule has 8 atom stereocenters. The predicted octanol–water partition coefficient (Wildman–Crippen LogP) is 5.44. The fourth-order valence-corrected chi connectivity index (χ4v) is 9.05. The van der Waals surface area contributed by atoms with Gasteiger partial charge in [0.15, 0.2) is 0 Å². The lowest BCUT2D eigenvalue weighted by molar-refractivity contribution is -0.162. The van der Waals surface area contributed by atoms with Crippen LogP contribution in [0.25, 0.3) is 0 Å². The number of nitrogens with one attached hydrogen (secondary N) is 1. The molecule has 5 rings (SSSR count). The lowest BCUT2D eigenvalue weighted by Gasteiger charge is -2.37. The number of unbranched alkanes of at least 4 members (excludes halogenated alkanes) is 1. The molecular weight excluding hydrogens is 726 g/mol. The number of aryl methyl sites for hydroxylation is 1. The van der Waals surface area contributed by atoms with Crippen molar-refractivity contribution >= 4 is 56.9 Å². The number of carbonyl (C=O) groups excluding carboxylic acids is 4. The van der Waals surface area contributed by atoms with Gasteiger partial charge in [-0.15, -0.1) is 13.2 Å². The Kier molecular flexibility index (Phi) is 12.2. The number of carbonyl (C=O) groups is 4. The van der Waals surface area contributed by atoms with Gasteiger partial charge in [-0.2, -0.15) is 0 Å². The molecular formula is C38H45BrClN3O7. The van der Waals surface area contributed by atoms with Crippen molar-refractivity contribution in [2.45, 2.75) is 80.7 Å². The summed E-state index contributed by atoms with van der Waals surface area (Å²) in [6, 6.07) is 12.8. The average molecular weight is 771 g/mol. The molecule has 268 valence electrons. The molecule has 2 bridgehead atoms. The van der Waals surface area contributed by atoms with Crippen LogP contribution in [0.2, 0.25) is 5.02 Å². The molecule has 3 aliphatic heterocycles. The van der Waals surface area contributed by atoms with E-state index in [0.717, 1.165) is 5.56 Å². The summed E-state index contributed by atoms with van der Waals surface area (Å²) in [5, 5.41) is 12.9. The molecule has 3 saturated heterocycles. The Hall–Kier alpha value is -3.51. The van der Waals surface area contributed by atoms with Crippen LogP contribution < -0.4 is 10.2 Å². The van der Waals surface area contributed by atoms with Crippen molar-refractivity contribution in [3.63, 3.8) is 0 Å². The van der Waals surface area contributed by atoms with E-state index in [1.165, 1.54) is 9.80 Å². The van der Waals surface area contributed by atoms with E-state index < -0.39 is 53.6 Å². The van der Waals surface area contributed by atoms with E-state index in [-0.39, 0.29) is 42.8 Å². The molecule has 50 heavy (non-hydrogen) atoms. The number of esters is 1. The Morgan fingerprint density at radius 1 is 1.18 bits per heavy atom. The number of anilines is 1. The number of aliphatic hydroxyl groups excluding tert-OH is 1. The first-order chi connectivity index (χ1) is 24.0. The highest BCUT2D eigenvalue weighted by atomic mass is 79.9. The first-order valence-electron chi connectivity index (χ1n) is 17.1. The second-order valence-electron chi connectivity index (χ2n) is 13.2. The molecule has 10 nitrogen and oxygen atoms in total. The van der Waals surface area contributed by atoms with Crippen LogP contribution in [0, 0.1) is 18.8 Å². The van der Waals surface area contributed by atoms with Gasteiger partial charge in [-0.25, -0.2) is 0 Å². The monoisotopic (exact) mass is 769 g/mol. The van der Waals surface area contributed by atoms with Gasteiger partial charge in [-0.05, 0) is 56.7 Å². The van der Waals surface area contributed by atoms with Crippen molar-refractivity contribution in [2.24, 2.45) is 11.8 Å². The van der Waals surface area contributed by atoms with Crippen LogP contribution in [-0.4, -0.2) is 82.0 Å². The van der Waals surface area contributed by atoms with Crippen LogP contribution in [0.5, 0.6) is 0 Å². The number of rotatable bonds is 16. The lowest BCUT2D eigenvalue weighted by atomic mass is 9.70. The molecule has 3 heterocycles. The van der Waals surface area contributed by atoms with Crippen LogP contribution in [0.4, 0.5) is 5.69 Å². The Bertz CT molecular complexity index is 1590. The van der Waals surface area contributed by atoms with Gasteiger partial charge in [0.2, 0.25) is 11.8 Å². The summed E-state index contributed by atoms with van der Waals surface area (Å²) in [6.45, 7) is 11.4. The molecule has 2 aromatic rings. The minimum Gasteiger partial charge on any atom is -0.455 e. The van der Waals surface area contributed by atoms with Crippen molar-refractivity contribution in [3.8, 4) is 0 Å². The first kappa shape index (κ1) is 37.7. The SMILES string of the molecule is C=CCCC(=O)N[C@@H](C)[C@H](OC(=O)[C@H]1[C@@H]2O[C@@]3(CC2Br)[C@@H]1C(=O)N(CCCCO)[C@@H]3C(=O)N(CC=C)c1c(C)cccc1Cl)c1ccccc1. The molecule has 2 aromatic carbocycles. The zero-order valence-electron chi connectivity index (χ0n) is 28.4. The third-order valence-corrected chi connectivity index (χ3v) is 11.1. The smallest absolute Gasteiger partial charge is 0.313 e. The van der Waals surface area contributed by atoms with Crippen LogP contribution in [0.1, 0.15) is 56.3 Å². The van der Waals surface area contributed by atoms with Gasteiger partial charge in [-0.1, -0.05) is 82.1 Å². The Labute approximate surface area is 306 Å². The molecule has 1 unspecified atom stereocenters. The number of nitrogens with zero attached hydrogens (tertiary/aromatic N) is 2. The molecule has 12 heteroatoms. The van der Waals surface area contributed by atoms with Crippen molar-refractivity contribution in [3.05, 3.63) is 90.0 Å². The number of hydrogen-bond acceptors (Lipinski definition) is 7. The number of halogens is 2. The van der Waals surface area contributed by atoms with Crippen molar-refractivity contribution in [2.75, 3.05) is 24.6 Å². The highest BCUT2D eigenvalue weighted by Gasteiger charge is 2.77. The van der Waals surface area contributed by atoms with E-state index in [2.05, 4.69) is 34.4 Å². The number of allylic oxidation sites excluding steroid dienone is 1. The molecule has 0 aromatic heterocycles. The fourth-order valence-electron chi connectivity index (χ4n) is 7.79. The van der Waals surface area contributed by atoms with E-state index in [9.17, 15) is 24.3 Å². The largest absolute Gasteiger partial charge is 0.455 e. The summed E-state index contributed by atoms with van der Waals surface area (Å²) in [5.41, 5.74) is 0.623. The molecule has 0 saturated carbocycles. The number of aliphatic hydroxyl groups is 1. The molecule has 0 aliphatic carbocycles. The van der Waals surface area contributed by atoms with E-state index in [0.29, 0.717) is 42.0 Å². The van der Waals surface area contributed by atoms with Crippen LogP contribution in [-0.2, 0) is 28.7 Å². The minimum atomic E-state index is -1.34. The Morgan fingerprint density at radius 2 is 1.92 bits per heavy atom. The third kappa shape index (κ3) is 7.15. The zero-order chi connectivity index (χ0) is 36.2. The predicted molar refractivity (Wildman–Crippen MR) is 195 cm³/mol. The van der Waals surface area contributed by atoms with Crippen LogP contribution >= 0.6 is 27.5 Å². The fraction of sp³-hybridized carbons (Fsp3) is 0.474. The third-order valence-electron chi connectivity index (χ3n) is 9.93. The molecule has 2 N–H and O–H groups in total. The zero-order valence-corrected chi connectivity index (χ0v) is 30.8. The normalized spacial score (nSPS) is 26.2. The average Bonchev–Trinajstić information content (AvgIpc) is 3.68. The number of hydrogen-bond donors (Lipinski definition) is 2. The van der Waals surface area contributed by atoms with Gasteiger partial charge in [0.25, 0.3) is 5.91 Å². The second-order valence-corrected chi connectivity index (χ2v) is 14.8. The number of alkyl halides is 1. The highest BCUT2D eigenvalue weighted by molar-refractivity contribution is 9.09. The van der Waals surface area contributed by atoms with Crippen molar-refractivity contribution < 1.29 is 33.8 Å². The van der Waals surface area contributed by atoms with Crippen LogP contribution in [0.15, 0.2) is 73.8 Å². The van der Waals surface area contributed by atoms with Gasteiger partial charge >= 0.3 is 5.97 Å². The summed E-state index contributed by atoms with van der Waals surface area (Å²) >= 11 is 10.4. The van der Waals surface area contributed by atoms with Crippen LogP contribution in [0.3, 0.4) is 0 Å². The number of ether oxygens (including phenoxy) is 2. The summed E-state index contributed by atoms with van der Waals surface area (Å²) in [7, 11) is 0. The Morgan fingerprint density at radius 3 is 2.58 bits per heavy atom. The van der Waals surface area contributed by atoms with Crippen molar-refractivity contribution in [1.29, 1.82) is 0 Å². The van der Waals surface area contributed by atoms with Gasteiger partial charge in [0.05, 0.1) is 34.7 Å². The number of likely N-dealkylation sites (tertiary alicyclic amines) is 1. The molecule has 3 fully saturated rings. The summed E-state index contributed by atoms with van der Waals surface area (Å²) in [4.78, 5) is 59.3. The Balaban J connectivity index is 1.52. The first-order valence-corrected chi connectivity index (χ1v) is 18.4. The summed E-state index contributed by atoms with van der Waals surface area (Å²) in [6.07, 6.45) is 3.58. The van der Waals surface area contributed by atoms with Crippen molar-refractivity contribution in [1.82, 2.24) is 10.2 Å². The summed E-state index contributed by atoms with van der Waals surface area (Å²) in [5.74, 6) is -3.64. The van der Waals surface area contributed by atoms with E-state index in [1.54, 1.807) is 31.2 Å². The molecule has 3 aliphatic rings. The maximum atomic E-state index is 14.9. The second kappa shape index (κ2) is 16.2. The van der Waals surface area contributed by atoms with E-state index in [1.807, 2.05) is 43.3 Å². The van der Waals surface area contributed by atoms with Gasteiger partial charge < -0.3 is 29.7 Å². The number of benzene rings is 2. The van der Waals surface area contributed by atoms with E-state index >= 15 is 0 Å². The molecule has 0 radical (unpaired) electrons.